The summed E-state index contributed by atoms with van der Waals surface area (Å²) in [7, 11) is 0. The molecule has 2 saturated heterocycles. The molecule has 204 valence electrons. The van der Waals surface area contributed by atoms with Crippen molar-refractivity contribution in [2.75, 3.05) is 31.5 Å². The number of nitrogens with one attached hydrogen (secondary N) is 1. The summed E-state index contributed by atoms with van der Waals surface area (Å²) in [5, 5.41) is 7.27. The number of hydrogen-bond acceptors (Lipinski definition) is 5. The second-order valence-corrected chi connectivity index (χ2v) is 11.0. The summed E-state index contributed by atoms with van der Waals surface area (Å²) in [4.78, 5) is 29.9. The van der Waals surface area contributed by atoms with Crippen LogP contribution in [0.4, 0.5) is 5.69 Å². The van der Waals surface area contributed by atoms with Gasteiger partial charge >= 0.3 is 0 Å². The first kappa shape index (κ1) is 25.6. The molecule has 0 bridgehead atoms. The Morgan fingerprint density at radius 3 is 2.18 bits per heavy atom. The van der Waals surface area contributed by atoms with E-state index in [2.05, 4.69) is 15.3 Å². The maximum Gasteiger partial charge on any atom is 0.258 e. The van der Waals surface area contributed by atoms with E-state index >= 15 is 0 Å². The minimum absolute atomic E-state index is 0.0489. The smallest absolute Gasteiger partial charge is 0.258 e. The van der Waals surface area contributed by atoms with Crippen molar-refractivity contribution in [3.8, 4) is 11.4 Å². The molecule has 8 nitrogen and oxygen atoms in total. The molecule has 2 aromatic carbocycles. The number of anilines is 1. The molecule has 0 atom stereocenters. The normalized spacial score (nSPS) is 18.9. The van der Waals surface area contributed by atoms with Crippen LogP contribution >= 0.6 is 0 Å². The number of benzene rings is 2. The van der Waals surface area contributed by atoms with Crippen LogP contribution in [0.15, 0.2) is 60.9 Å². The van der Waals surface area contributed by atoms with Crippen molar-refractivity contribution in [2.24, 2.45) is 0 Å². The highest BCUT2D eigenvalue weighted by Crippen LogP contribution is 2.28. The van der Waals surface area contributed by atoms with Crippen molar-refractivity contribution in [2.45, 2.75) is 63.5 Å². The van der Waals surface area contributed by atoms with Gasteiger partial charge in [0.2, 0.25) is 0 Å². The van der Waals surface area contributed by atoms with Crippen LogP contribution in [0.2, 0.25) is 0 Å². The van der Waals surface area contributed by atoms with Crippen LogP contribution in [-0.4, -0.2) is 69.7 Å². The molecule has 1 N–H and O–H groups in total. The highest BCUT2D eigenvalue weighted by atomic mass is 16.5. The summed E-state index contributed by atoms with van der Waals surface area (Å²) < 4.78 is 7.97. The fourth-order valence-electron chi connectivity index (χ4n) is 6.08. The monoisotopic (exact) mass is 527 g/mol. The lowest BCUT2D eigenvalue weighted by atomic mass is 10.0. The van der Waals surface area contributed by atoms with E-state index in [-0.39, 0.29) is 17.9 Å². The number of amides is 2. The van der Waals surface area contributed by atoms with Gasteiger partial charge in [0.15, 0.2) is 0 Å². The number of likely N-dealkylation sites (tertiary alicyclic amines) is 2. The first-order chi connectivity index (χ1) is 19.1. The third-order valence-electron chi connectivity index (χ3n) is 8.35. The van der Waals surface area contributed by atoms with Crippen molar-refractivity contribution in [3.05, 3.63) is 72.1 Å². The van der Waals surface area contributed by atoms with Crippen LogP contribution in [0.1, 0.15) is 72.1 Å². The Morgan fingerprint density at radius 2 is 1.49 bits per heavy atom. The second kappa shape index (κ2) is 11.6. The molecule has 3 aliphatic rings. The van der Waals surface area contributed by atoms with Gasteiger partial charge in [0.25, 0.3) is 11.8 Å². The Bertz CT molecular complexity index is 1270. The Kier molecular flexibility index (Phi) is 7.63. The molecule has 2 aliphatic heterocycles. The number of nitrogens with zero attached hydrogens (tertiary/aromatic N) is 4. The van der Waals surface area contributed by atoms with E-state index in [1.165, 1.54) is 25.7 Å². The summed E-state index contributed by atoms with van der Waals surface area (Å²) >= 11 is 0. The van der Waals surface area contributed by atoms with E-state index in [4.69, 9.17) is 4.74 Å². The number of rotatable bonds is 7. The minimum atomic E-state index is -0.247. The SMILES string of the molecule is O=C(Nc1ccc(C(=O)N2CCCC2)cc1)c1cnn(-c2ccc(OC3CCN(C4CCCC4)CC3)cc2)c1. The van der Waals surface area contributed by atoms with E-state index in [1.807, 2.05) is 29.2 Å². The standard InChI is InChI=1S/C31H37N5O3/c37-30(33-25-9-7-23(8-10-25)31(38)35-17-3-4-18-35)24-21-32-36(22-24)27-11-13-28(14-12-27)39-29-15-19-34(20-16-29)26-5-1-2-6-26/h7-14,21-22,26,29H,1-6,15-20H2,(H,33,37). The van der Waals surface area contributed by atoms with Crippen molar-refractivity contribution in [3.63, 3.8) is 0 Å². The number of hydrogen-bond donors (Lipinski definition) is 1. The molecule has 3 aromatic rings. The molecule has 1 saturated carbocycles. The van der Waals surface area contributed by atoms with Crippen molar-refractivity contribution in [1.82, 2.24) is 19.6 Å². The predicted molar refractivity (Wildman–Crippen MR) is 151 cm³/mol. The Balaban J connectivity index is 1.01. The van der Waals surface area contributed by atoms with E-state index in [0.717, 1.165) is 69.3 Å². The van der Waals surface area contributed by atoms with E-state index in [0.29, 0.717) is 16.8 Å². The average Bonchev–Trinajstić information content (AvgIpc) is 3.77. The molecule has 39 heavy (non-hydrogen) atoms. The third kappa shape index (κ3) is 6.01. The molecule has 8 heteroatoms. The van der Waals surface area contributed by atoms with Crippen molar-refractivity contribution in [1.29, 1.82) is 0 Å². The zero-order valence-corrected chi connectivity index (χ0v) is 22.4. The van der Waals surface area contributed by atoms with E-state index in [9.17, 15) is 9.59 Å². The van der Waals surface area contributed by atoms with Gasteiger partial charge in [-0.3, -0.25) is 9.59 Å². The zero-order valence-electron chi connectivity index (χ0n) is 22.4. The molecule has 0 spiro atoms. The first-order valence-corrected chi connectivity index (χ1v) is 14.4. The number of carbonyl (C=O) groups is 2. The van der Waals surface area contributed by atoms with Gasteiger partial charge in [-0.2, -0.15) is 5.10 Å². The fourth-order valence-corrected chi connectivity index (χ4v) is 6.08. The highest BCUT2D eigenvalue weighted by Gasteiger charge is 2.28. The fraction of sp³-hybridized carbons (Fsp3) is 0.452. The van der Waals surface area contributed by atoms with Gasteiger partial charge in [-0.25, -0.2) is 4.68 Å². The Labute approximate surface area is 229 Å². The number of aromatic nitrogens is 2. The number of carbonyl (C=O) groups excluding carboxylic acids is 2. The maximum atomic E-state index is 12.8. The summed E-state index contributed by atoms with van der Waals surface area (Å²) in [5.74, 6) is 0.673. The van der Waals surface area contributed by atoms with E-state index in [1.54, 1.807) is 41.3 Å². The van der Waals surface area contributed by atoms with Crippen LogP contribution in [0.3, 0.4) is 0 Å². The average molecular weight is 528 g/mol. The maximum absolute atomic E-state index is 12.8. The quantitative estimate of drug-likeness (QED) is 0.460. The summed E-state index contributed by atoms with van der Waals surface area (Å²) in [6.07, 6.45) is 13.3. The summed E-state index contributed by atoms with van der Waals surface area (Å²) in [5.41, 5.74) is 2.61. The van der Waals surface area contributed by atoms with E-state index < -0.39 is 0 Å². The molecule has 3 fully saturated rings. The van der Waals surface area contributed by atoms with Crippen molar-refractivity contribution < 1.29 is 14.3 Å². The molecular formula is C31H37N5O3. The van der Waals surface area contributed by atoms with Gasteiger partial charge in [-0.15, -0.1) is 0 Å². The largest absolute Gasteiger partial charge is 0.490 e. The topological polar surface area (TPSA) is 79.7 Å². The molecule has 0 radical (unpaired) electrons. The van der Waals surface area contributed by atoms with Crippen LogP contribution in [0, 0.1) is 0 Å². The number of ether oxygens (including phenoxy) is 1. The van der Waals surface area contributed by atoms with Gasteiger partial charge in [-0.05, 0) is 87.1 Å². The molecule has 3 heterocycles. The summed E-state index contributed by atoms with van der Waals surface area (Å²) in [6, 6.07) is 15.7. The Hall–Kier alpha value is -3.65. The van der Waals surface area contributed by atoms with Gasteiger partial charge in [0, 0.05) is 49.7 Å². The molecule has 1 aliphatic carbocycles. The molecule has 0 unspecified atom stereocenters. The molecule has 2 amide bonds. The molecule has 6 rings (SSSR count). The van der Waals surface area contributed by atoms with Gasteiger partial charge < -0.3 is 19.9 Å². The first-order valence-electron chi connectivity index (χ1n) is 14.4. The van der Waals surface area contributed by atoms with Gasteiger partial charge in [0.05, 0.1) is 17.4 Å². The zero-order chi connectivity index (χ0) is 26.6. The minimum Gasteiger partial charge on any atom is -0.490 e. The van der Waals surface area contributed by atoms with Gasteiger partial charge in [-0.1, -0.05) is 12.8 Å². The lowest BCUT2D eigenvalue weighted by Crippen LogP contribution is -2.43. The molecule has 1 aromatic heterocycles. The third-order valence-corrected chi connectivity index (χ3v) is 8.35. The highest BCUT2D eigenvalue weighted by molar-refractivity contribution is 6.04. The van der Waals surface area contributed by atoms with Crippen LogP contribution in [0.5, 0.6) is 5.75 Å². The molecular weight excluding hydrogens is 490 g/mol. The second-order valence-electron chi connectivity index (χ2n) is 11.0. The van der Waals surface area contributed by atoms with Crippen LogP contribution in [-0.2, 0) is 0 Å². The van der Waals surface area contributed by atoms with Crippen molar-refractivity contribution >= 4 is 17.5 Å². The Morgan fingerprint density at radius 1 is 0.795 bits per heavy atom. The number of piperidine rings is 1. The predicted octanol–water partition coefficient (Wildman–Crippen LogP) is 5.15. The summed E-state index contributed by atoms with van der Waals surface area (Å²) in [6.45, 7) is 3.90. The van der Waals surface area contributed by atoms with Crippen LogP contribution in [0.25, 0.3) is 5.69 Å². The van der Waals surface area contributed by atoms with Crippen LogP contribution < -0.4 is 10.1 Å². The lowest BCUT2D eigenvalue weighted by molar-refractivity contribution is 0.0768. The lowest BCUT2D eigenvalue weighted by Gasteiger charge is -2.36. The van der Waals surface area contributed by atoms with Gasteiger partial charge in [0.1, 0.15) is 11.9 Å².